The van der Waals surface area contributed by atoms with Crippen molar-refractivity contribution < 1.29 is 14.7 Å². The Bertz CT molecular complexity index is 809. The number of carboxylic acid groups (broad SMARTS) is 1. The Kier molecular flexibility index (Phi) is 3.72. The topological polar surface area (TPSA) is 66.4 Å². The number of hydrogen-bond acceptors (Lipinski definition) is 4. The number of amides is 1. The number of carboxylic acids is 1. The summed E-state index contributed by atoms with van der Waals surface area (Å²) < 4.78 is 2.07. The third kappa shape index (κ3) is 2.51. The Morgan fingerprint density at radius 1 is 1.14 bits per heavy atom. The normalized spacial score (nSPS) is 13.7. The SMILES string of the molecule is CC(NC(=O)c1cc2sccc2s1)(C(=O)O)c1ccccc1. The minimum atomic E-state index is -1.46. The summed E-state index contributed by atoms with van der Waals surface area (Å²) in [5.74, 6) is -1.47. The lowest BCUT2D eigenvalue weighted by Crippen LogP contribution is -2.49. The van der Waals surface area contributed by atoms with Gasteiger partial charge in [-0.2, -0.15) is 0 Å². The molecule has 0 aliphatic rings. The molecule has 0 saturated heterocycles. The second-order valence-electron chi connectivity index (χ2n) is 5.01. The molecule has 0 fully saturated rings. The van der Waals surface area contributed by atoms with Gasteiger partial charge in [0.15, 0.2) is 5.54 Å². The van der Waals surface area contributed by atoms with Crippen molar-refractivity contribution in [3.05, 3.63) is 58.3 Å². The molecule has 0 saturated carbocycles. The van der Waals surface area contributed by atoms with Gasteiger partial charge in [0, 0.05) is 9.40 Å². The lowest BCUT2D eigenvalue weighted by molar-refractivity contribution is -0.144. The van der Waals surface area contributed by atoms with E-state index in [2.05, 4.69) is 5.32 Å². The highest BCUT2D eigenvalue weighted by Crippen LogP contribution is 2.31. The van der Waals surface area contributed by atoms with E-state index >= 15 is 0 Å². The summed E-state index contributed by atoms with van der Waals surface area (Å²) in [5.41, 5.74) is -0.926. The number of carbonyl (C=O) groups excluding carboxylic acids is 1. The summed E-state index contributed by atoms with van der Waals surface area (Å²) in [6, 6.07) is 12.5. The Morgan fingerprint density at radius 2 is 1.86 bits per heavy atom. The molecule has 2 aromatic heterocycles. The second-order valence-corrected chi connectivity index (χ2v) is 7.04. The molecule has 0 bridgehead atoms. The number of hydrogen-bond donors (Lipinski definition) is 2. The highest BCUT2D eigenvalue weighted by atomic mass is 32.1. The zero-order valence-electron chi connectivity index (χ0n) is 11.7. The summed E-state index contributed by atoms with van der Waals surface area (Å²) in [6.07, 6.45) is 0. The average Bonchev–Trinajstić information content (AvgIpc) is 3.09. The molecule has 22 heavy (non-hydrogen) atoms. The smallest absolute Gasteiger partial charge is 0.333 e. The molecule has 1 amide bonds. The molecule has 0 spiro atoms. The largest absolute Gasteiger partial charge is 0.479 e. The van der Waals surface area contributed by atoms with Crippen LogP contribution in [0.25, 0.3) is 9.40 Å². The van der Waals surface area contributed by atoms with Gasteiger partial charge in [0.2, 0.25) is 0 Å². The molecule has 3 aromatic rings. The van der Waals surface area contributed by atoms with E-state index in [0.717, 1.165) is 9.40 Å². The van der Waals surface area contributed by atoms with Crippen LogP contribution in [0.15, 0.2) is 47.8 Å². The third-order valence-electron chi connectivity index (χ3n) is 3.51. The van der Waals surface area contributed by atoms with Crippen LogP contribution in [-0.4, -0.2) is 17.0 Å². The van der Waals surface area contributed by atoms with Crippen LogP contribution in [0.5, 0.6) is 0 Å². The van der Waals surface area contributed by atoms with Gasteiger partial charge in [0.25, 0.3) is 5.91 Å². The first-order valence-corrected chi connectivity index (χ1v) is 8.29. The lowest BCUT2D eigenvalue weighted by Gasteiger charge is -2.26. The van der Waals surface area contributed by atoms with E-state index in [9.17, 15) is 14.7 Å². The zero-order chi connectivity index (χ0) is 15.7. The van der Waals surface area contributed by atoms with Crippen LogP contribution >= 0.6 is 22.7 Å². The second kappa shape index (κ2) is 5.55. The first kappa shape index (κ1) is 14.7. The summed E-state index contributed by atoms with van der Waals surface area (Å²) in [4.78, 5) is 24.7. The van der Waals surface area contributed by atoms with Gasteiger partial charge in [0.1, 0.15) is 0 Å². The van der Waals surface area contributed by atoms with Gasteiger partial charge in [-0.05, 0) is 30.0 Å². The Morgan fingerprint density at radius 3 is 2.50 bits per heavy atom. The molecule has 6 heteroatoms. The van der Waals surface area contributed by atoms with E-state index in [0.29, 0.717) is 10.4 Å². The fourth-order valence-corrected chi connectivity index (χ4v) is 4.19. The number of carbonyl (C=O) groups is 2. The Balaban J connectivity index is 1.92. The summed E-state index contributed by atoms with van der Waals surface area (Å²) in [5, 5.41) is 14.2. The van der Waals surface area contributed by atoms with Gasteiger partial charge in [-0.15, -0.1) is 22.7 Å². The molecule has 4 nitrogen and oxygen atoms in total. The first-order chi connectivity index (χ1) is 10.5. The predicted molar refractivity (Wildman–Crippen MR) is 88.6 cm³/mol. The molecule has 2 heterocycles. The van der Waals surface area contributed by atoms with Gasteiger partial charge in [0.05, 0.1) is 4.88 Å². The van der Waals surface area contributed by atoms with Crippen molar-refractivity contribution >= 4 is 43.9 Å². The first-order valence-electron chi connectivity index (χ1n) is 6.59. The molecule has 112 valence electrons. The molecule has 1 unspecified atom stereocenters. The minimum Gasteiger partial charge on any atom is -0.479 e. The van der Waals surface area contributed by atoms with Crippen molar-refractivity contribution in [2.75, 3.05) is 0 Å². The minimum absolute atomic E-state index is 0.373. The van der Waals surface area contributed by atoms with Crippen LogP contribution < -0.4 is 5.32 Å². The maximum absolute atomic E-state index is 12.4. The van der Waals surface area contributed by atoms with Crippen molar-refractivity contribution in [1.82, 2.24) is 5.32 Å². The Labute approximate surface area is 135 Å². The van der Waals surface area contributed by atoms with Crippen LogP contribution in [0.3, 0.4) is 0 Å². The van der Waals surface area contributed by atoms with Crippen molar-refractivity contribution in [3.8, 4) is 0 Å². The van der Waals surface area contributed by atoms with E-state index in [1.165, 1.54) is 18.3 Å². The predicted octanol–water partition coefficient (Wildman–Crippen LogP) is 3.69. The molecule has 3 rings (SSSR count). The van der Waals surface area contributed by atoms with E-state index in [1.807, 2.05) is 11.4 Å². The van der Waals surface area contributed by atoms with Crippen molar-refractivity contribution in [1.29, 1.82) is 0 Å². The van der Waals surface area contributed by atoms with Gasteiger partial charge < -0.3 is 10.4 Å². The number of fused-ring (bicyclic) bond motifs is 1. The standard InChI is InChI=1S/C16H13NO3S2/c1-16(15(19)20,10-5-3-2-4-6-10)17-14(18)13-9-12-11(22-13)7-8-21-12/h2-9H,1H3,(H,17,18)(H,19,20). The van der Waals surface area contributed by atoms with Gasteiger partial charge >= 0.3 is 5.97 Å². The van der Waals surface area contributed by atoms with Crippen LogP contribution in [0.2, 0.25) is 0 Å². The van der Waals surface area contributed by atoms with E-state index < -0.39 is 11.5 Å². The van der Waals surface area contributed by atoms with E-state index in [-0.39, 0.29) is 5.91 Å². The van der Waals surface area contributed by atoms with Crippen LogP contribution in [0.4, 0.5) is 0 Å². The van der Waals surface area contributed by atoms with Crippen molar-refractivity contribution in [2.24, 2.45) is 0 Å². The van der Waals surface area contributed by atoms with Gasteiger partial charge in [-0.1, -0.05) is 30.3 Å². The number of thiophene rings is 2. The molecule has 0 aliphatic carbocycles. The Hall–Kier alpha value is -2.18. The van der Waals surface area contributed by atoms with E-state index in [1.54, 1.807) is 47.7 Å². The summed E-state index contributed by atoms with van der Waals surface area (Å²) in [6.45, 7) is 1.50. The fraction of sp³-hybridized carbons (Fsp3) is 0.125. The molecule has 1 atom stereocenters. The molecular formula is C16H13NO3S2. The maximum atomic E-state index is 12.4. The fourth-order valence-electron chi connectivity index (χ4n) is 2.19. The lowest BCUT2D eigenvalue weighted by atomic mass is 9.92. The summed E-state index contributed by atoms with van der Waals surface area (Å²) in [7, 11) is 0. The zero-order valence-corrected chi connectivity index (χ0v) is 13.3. The van der Waals surface area contributed by atoms with Crippen molar-refractivity contribution in [3.63, 3.8) is 0 Å². The quantitative estimate of drug-likeness (QED) is 0.766. The molecule has 2 N–H and O–H groups in total. The number of benzene rings is 1. The van der Waals surface area contributed by atoms with Crippen molar-refractivity contribution in [2.45, 2.75) is 12.5 Å². The number of rotatable bonds is 4. The van der Waals surface area contributed by atoms with Crippen LogP contribution in [0, 0.1) is 0 Å². The highest BCUT2D eigenvalue weighted by molar-refractivity contribution is 7.27. The summed E-state index contributed by atoms with van der Waals surface area (Å²) >= 11 is 2.93. The molecule has 0 radical (unpaired) electrons. The highest BCUT2D eigenvalue weighted by Gasteiger charge is 2.37. The van der Waals surface area contributed by atoms with Gasteiger partial charge in [-0.25, -0.2) is 4.79 Å². The molecular weight excluding hydrogens is 318 g/mol. The third-order valence-corrected chi connectivity index (χ3v) is 5.60. The van der Waals surface area contributed by atoms with Gasteiger partial charge in [-0.3, -0.25) is 4.79 Å². The van der Waals surface area contributed by atoms with Crippen LogP contribution in [0.1, 0.15) is 22.2 Å². The maximum Gasteiger partial charge on any atom is 0.333 e. The average molecular weight is 331 g/mol. The molecule has 1 aromatic carbocycles. The monoisotopic (exact) mass is 331 g/mol. The number of nitrogens with one attached hydrogen (secondary N) is 1. The van der Waals surface area contributed by atoms with E-state index in [4.69, 9.17) is 0 Å². The number of aliphatic carboxylic acids is 1. The van der Waals surface area contributed by atoms with Crippen LogP contribution in [-0.2, 0) is 10.3 Å². The molecule has 0 aliphatic heterocycles.